The molecule has 0 fully saturated rings. The minimum Gasteiger partial charge on any atom is -0.425 e. The van der Waals surface area contributed by atoms with E-state index in [1.807, 2.05) is 0 Å². The third-order valence-corrected chi connectivity index (χ3v) is 5.91. The number of esters is 1. The fourth-order valence-corrected chi connectivity index (χ4v) is 3.61. The number of carbonyl (C=O) groups excluding carboxylic acids is 1. The van der Waals surface area contributed by atoms with Gasteiger partial charge in [0.25, 0.3) is 0 Å². The Morgan fingerprint density at radius 3 is 2.46 bits per heavy atom. The molecule has 0 saturated carbocycles. The second-order valence-corrected chi connectivity index (χ2v) is 8.32. The van der Waals surface area contributed by atoms with E-state index >= 15 is 0 Å². The Hall–Kier alpha value is -1.67. The van der Waals surface area contributed by atoms with Crippen molar-refractivity contribution in [1.29, 1.82) is 0 Å². The van der Waals surface area contributed by atoms with Gasteiger partial charge >= 0.3 is 5.97 Å². The molecule has 0 saturated heterocycles. The molecular formula is C17H16Cl2FNO4S. The van der Waals surface area contributed by atoms with Crippen LogP contribution in [0.1, 0.15) is 12.8 Å². The minimum absolute atomic E-state index is 0.00782. The van der Waals surface area contributed by atoms with E-state index in [0.717, 1.165) is 16.4 Å². The van der Waals surface area contributed by atoms with Crippen molar-refractivity contribution in [1.82, 2.24) is 4.31 Å². The van der Waals surface area contributed by atoms with Gasteiger partial charge in [-0.25, -0.2) is 17.1 Å². The van der Waals surface area contributed by atoms with E-state index < -0.39 is 21.8 Å². The summed E-state index contributed by atoms with van der Waals surface area (Å²) in [6.07, 6.45) is 0.236. The fourth-order valence-electron chi connectivity index (χ4n) is 2.08. The molecule has 0 aliphatic rings. The lowest BCUT2D eigenvalue weighted by Gasteiger charge is -2.17. The molecule has 0 spiro atoms. The zero-order valence-corrected chi connectivity index (χ0v) is 16.1. The fraction of sp³-hybridized carbons (Fsp3) is 0.235. The van der Waals surface area contributed by atoms with Gasteiger partial charge in [0.2, 0.25) is 10.0 Å². The van der Waals surface area contributed by atoms with Gasteiger partial charge in [-0.05, 0) is 42.8 Å². The molecule has 0 N–H and O–H groups in total. The first-order chi connectivity index (χ1) is 12.2. The van der Waals surface area contributed by atoms with E-state index in [1.165, 1.54) is 31.3 Å². The van der Waals surface area contributed by atoms with Crippen molar-refractivity contribution in [3.05, 3.63) is 58.3 Å². The highest BCUT2D eigenvalue weighted by Crippen LogP contribution is 2.28. The summed E-state index contributed by atoms with van der Waals surface area (Å²) >= 11 is 11.7. The largest absolute Gasteiger partial charge is 0.425 e. The van der Waals surface area contributed by atoms with Gasteiger partial charge in [0, 0.05) is 31.1 Å². The summed E-state index contributed by atoms with van der Waals surface area (Å²) in [7, 11) is -2.36. The Morgan fingerprint density at radius 1 is 1.15 bits per heavy atom. The van der Waals surface area contributed by atoms with Gasteiger partial charge in [0.15, 0.2) is 5.75 Å². The van der Waals surface area contributed by atoms with E-state index in [0.29, 0.717) is 5.02 Å². The van der Waals surface area contributed by atoms with Crippen molar-refractivity contribution in [3.63, 3.8) is 0 Å². The number of ether oxygens (including phenoxy) is 1. The van der Waals surface area contributed by atoms with Crippen LogP contribution in [0.5, 0.6) is 5.75 Å². The smallest absolute Gasteiger partial charge is 0.311 e. The van der Waals surface area contributed by atoms with Crippen LogP contribution >= 0.6 is 23.2 Å². The molecule has 0 aliphatic carbocycles. The average Bonchev–Trinajstić information content (AvgIpc) is 2.58. The van der Waals surface area contributed by atoms with Crippen molar-refractivity contribution in [2.45, 2.75) is 17.7 Å². The molecule has 0 amide bonds. The number of sulfonamides is 1. The van der Waals surface area contributed by atoms with Gasteiger partial charge in [-0.2, -0.15) is 0 Å². The molecular weight excluding hydrogens is 404 g/mol. The number of rotatable bonds is 7. The molecule has 0 bridgehead atoms. The van der Waals surface area contributed by atoms with Gasteiger partial charge < -0.3 is 4.74 Å². The summed E-state index contributed by atoms with van der Waals surface area (Å²) in [5.74, 6) is -0.924. The molecule has 0 radical (unpaired) electrons. The number of hydrogen-bond acceptors (Lipinski definition) is 4. The summed E-state index contributed by atoms with van der Waals surface area (Å²) in [5, 5.41) is 0.626. The maximum atomic E-state index is 12.9. The number of nitrogens with zero attached hydrogens (tertiary/aromatic N) is 1. The maximum absolute atomic E-state index is 12.9. The second kappa shape index (κ2) is 8.81. The third kappa shape index (κ3) is 5.41. The van der Waals surface area contributed by atoms with E-state index in [9.17, 15) is 17.6 Å². The standard InChI is InChI=1S/C17H16Cl2FNO4S/c1-21(26(23,24)14-7-5-13(20)6-8-14)10-2-3-17(22)25-16-11-12(18)4-9-15(16)19/h4-9,11H,2-3,10H2,1H3. The zero-order valence-electron chi connectivity index (χ0n) is 13.8. The van der Waals surface area contributed by atoms with Crippen molar-refractivity contribution >= 4 is 39.2 Å². The molecule has 5 nitrogen and oxygen atoms in total. The predicted octanol–water partition coefficient (Wildman–Crippen LogP) is 4.14. The van der Waals surface area contributed by atoms with Gasteiger partial charge in [0.1, 0.15) is 5.82 Å². The molecule has 0 atom stereocenters. The number of hydrogen-bond donors (Lipinski definition) is 0. The van der Waals surface area contributed by atoms with Crippen LogP contribution in [0.2, 0.25) is 10.0 Å². The molecule has 0 aromatic heterocycles. The van der Waals surface area contributed by atoms with Crippen molar-refractivity contribution in [3.8, 4) is 5.75 Å². The van der Waals surface area contributed by atoms with Crippen LogP contribution in [0, 0.1) is 5.82 Å². The normalized spacial score (nSPS) is 11.6. The molecule has 9 heteroatoms. The number of carbonyl (C=O) groups is 1. The molecule has 26 heavy (non-hydrogen) atoms. The lowest BCUT2D eigenvalue weighted by atomic mass is 10.3. The van der Waals surface area contributed by atoms with Crippen LogP contribution in [-0.2, 0) is 14.8 Å². The third-order valence-electron chi connectivity index (χ3n) is 3.49. The summed E-state index contributed by atoms with van der Waals surface area (Å²) in [4.78, 5) is 11.9. The highest BCUT2D eigenvalue weighted by Gasteiger charge is 2.21. The highest BCUT2D eigenvalue weighted by atomic mass is 35.5. The maximum Gasteiger partial charge on any atom is 0.311 e. The van der Waals surface area contributed by atoms with E-state index in [2.05, 4.69) is 0 Å². The van der Waals surface area contributed by atoms with E-state index in [-0.39, 0.29) is 35.1 Å². The Bertz CT molecular complexity index is 888. The van der Waals surface area contributed by atoms with Crippen molar-refractivity contribution in [2.75, 3.05) is 13.6 Å². The summed E-state index contributed by atoms with van der Waals surface area (Å²) in [6.45, 7) is 0.0953. The molecule has 2 aromatic rings. The van der Waals surface area contributed by atoms with Crippen LogP contribution in [0.4, 0.5) is 4.39 Å². The van der Waals surface area contributed by atoms with E-state index in [1.54, 1.807) is 6.07 Å². The van der Waals surface area contributed by atoms with Gasteiger partial charge in [-0.1, -0.05) is 23.2 Å². The van der Waals surface area contributed by atoms with Gasteiger partial charge in [-0.15, -0.1) is 0 Å². The van der Waals surface area contributed by atoms with Crippen molar-refractivity contribution < 1.29 is 22.3 Å². The Kier molecular flexibility index (Phi) is 7.00. The molecule has 0 aliphatic heterocycles. The van der Waals surface area contributed by atoms with Crippen LogP contribution < -0.4 is 4.74 Å². The van der Waals surface area contributed by atoms with Crippen LogP contribution in [0.15, 0.2) is 47.4 Å². The van der Waals surface area contributed by atoms with E-state index in [4.69, 9.17) is 27.9 Å². The Labute approximate surface area is 161 Å². The average molecular weight is 420 g/mol. The quantitative estimate of drug-likeness (QED) is 0.499. The summed E-state index contributed by atoms with van der Waals surface area (Å²) in [5.41, 5.74) is 0. The van der Waals surface area contributed by atoms with Crippen molar-refractivity contribution in [2.24, 2.45) is 0 Å². The second-order valence-electron chi connectivity index (χ2n) is 5.43. The van der Waals surface area contributed by atoms with Gasteiger partial charge in [-0.3, -0.25) is 4.79 Å². The Morgan fingerprint density at radius 2 is 1.81 bits per heavy atom. The minimum atomic E-state index is -3.75. The highest BCUT2D eigenvalue weighted by molar-refractivity contribution is 7.89. The summed E-state index contributed by atoms with van der Waals surface area (Å²) in [6, 6.07) is 9.03. The molecule has 2 rings (SSSR count). The predicted molar refractivity (Wildman–Crippen MR) is 97.5 cm³/mol. The SMILES string of the molecule is CN(CCCC(=O)Oc1cc(Cl)ccc1Cl)S(=O)(=O)c1ccc(F)cc1. The first-order valence-corrected chi connectivity index (χ1v) is 9.77. The summed E-state index contributed by atoms with van der Waals surface area (Å²) < 4.78 is 43.8. The number of halogens is 3. The molecule has 0 heterocycles. The Balaban J connectivity index is 1.89. The number of benzene rings is 2. The monoisotopic (exact) mass is 419 g/mol. The first-order valence-electron chi connectivity index (χ1n) is 7.58. The zero-order chi connectivity index (χ0) is 19.3. The van der Waals surface area contributed by atoms with Crippen LogP contribution in [-0.4, -0.2) is 32.3 Å². The van der Waals surface area contributed by atoms with Crippen LogP contribution in [0.25, 0.3) is 0 Å². The van der Waals surface area contributed by atoms with Gasteiger partial charge in [0.05, 0.1) is 9.92 Å². The lowest BCUT2D eigenvalue weighted by molar-refractivity contribution is -0.134. The molecule has 2 aromatic carbocycles. The molecule has 140 valence electrons. The topological polar surface area (TPSA) is 63.7 Å². The molecule has 0 unspecified atom stereocenters. The lowest BCUT2D eigenvalue weighted by Crippen LogP contribution is -2.28. The first kappa shape index (κ1) is 20.6. The van der Waals surface area contributed by atoms with Crippen LogP contribution in [0.3, 0.4) is 0 Å².